The van der Waals surface area contributed by atoms with Crippen molar-refractivity contribution in [1.29, 1.82) is 0 Å². The number of carbonyl (C=O) groups is 1. The molecule has 0 radical (unpaired) electrons. The molecule has 5 heteroatoms. The molecular weight excluding hydrogens is 324 g/mol. The summed E-state index contributed by atoms with van der Waals surface area (Å²) in [5.74, 6) is 1.63. The summed E-state index contributed by atoms with van der Waals surface area (Å²) < 4.78 is 2.33. The van der Waals surface area contributed by atoms with Gasteiger partial charge in [-0.05, 0) is 44.7 Å². The molecule has 1 saturated heterocycles. The van der Waals surface area contributed by atoms with Crippen molar-refractivity contribution in [1.82, 2.24) is 19.4 Å². The lowest BCUT2D eigenvalue weighted by atomic mass is 9.87. The van der Waals surface area contributed by atoms with E-state index in [1.165, 1.54) is 19.3 Å². The predicted molar refractivity (Wildman–Crippen MR) is 102 cm³/mol. The standard InChI is InChI=1S/C21H28N4O/c1-16-14-23-20(17-9-11-22-12-10-17)25(16)19-8-5-13-24(15-19)21(26)18-6-3-2-4-7-18/h9-12,14,18-19H,2-8,13,15H2,1H3. The van der Waals surface area contributed by atoms with E-state index < -0.39 is 0 Å². The number of piperidine rings is 1. The number of imidazole rings is 1. The molecule has 1 unspecified atom stereocenters. The van der Waals surface area contributed by atoms with E-state index in [0.717, 1.165) is 55.9 Å². The van der Waals surface area contributed by atoms with Gasteiger partial charge in [-0.15, -0.1) is 0 Å². The van der Waals surface area contributed by atoms with Crippen LogP contribution in [0.25, 0.3) is 11.4 Å². The molecule has 1 aliphatic carbocycles. The minimum atomic E-state index is 0.256. The number of likely N-dealkylation sites (tertiary alicyclic amines) is 1. The quantitative estimate of drug-likeness (QED) is 0.839. The molecule has 1 aliphatic heterocycles. The molecule has 4 rings (SSSR count). The molecule has 1 amide bonds. The van der Waals surface area contributed by atoms with Gasteiger partial charge < -0.3 is 9.47 Å². The first-order valence-corrected chi connectivity index (χ1v) is 9.97. The van der Waals surface area contributed by atoms with Crippen molar-refractivity contribution in [3.63, 3.8) is 0 Å². The molecule has 1 atom stereocenters. The summed E-state index contributed by atoms with van der Waals surface area (Å²) in [5, 5.41) is 0. The molecule has 2 aromatic heterocycles. The van der Waals surface area contributed by atoms with Gasteiger partial charge in [0.15, 0.2) is 0 Å². The lowest BCUT2D eigenvalue weighted by Crippen LogP contribution is -2.44. The van der Waals surface area contributed by atoms with Crippen LogP contribution in [-0.4, -0.2) is 38.4 Å². The zero-order chi connectivity index (χ0) is 17.9. The van der Waals surface area contributed by atoms with E-state index in [1.807, 2.05) is 30.7 Å². The summed E-state index contributed by atoms with van der Waals surface area (Å²) in [4.78, 5) is 23.9. The maximum absolute atomic E-state index is 13.0. The molecule has 3 heterocycles. The monoisotopic (exact) mass is 352 g/mol. The van der Waals surface area contributed by atoms with Gasteiger partial charge in [-0.3, -0.25) is 9.78 Å². The fourth-order valence-electron chi connectivity index (χ4n) is 4.59. The van der Waals surface area contributed by atoms with Crippen LogP contribution in [0.15, 0.2) is 30.7 Å². The first kappa shape index (κ1) is 17.3. The molecule has 0 spiro atoms. The van der Waals surface area contributed by atoms with E-state index in [2.05, 4.69) is 26.4 Å². The number of hydrogen-bond donors (Lipinski definition) is 0. The smallest absolute Gasteiger partial charge is 0.225 e. The number of pyridine rings is 1. The highest BCUT2D eigenvalue weighted by Crippen LogP contribution is 2.31. The topological polar surface area (TPSA) is 51.0 Å². The lowest BCUT2D eigenvalue weighted by Gasteiger charge is -2.37. The highest BCUT2D eigenvalue weighted by atomic mass is 16.2. The van der Waals surface area contributed by atoms with Gasteiger partial charge in [0.05, 0.1) is 6.04 Å². The van der Waals surface area contributed by atoms with Crippen LogP contribution >= 0.6 is 0 Å². The van der Waals surface area contributed by atoms with E-state index >= 15 is 0 Å². The van der Waals surface area contributed by atoms with Crippen molar-refractivity contribution in [3.05, 3.63) is 36.4 Å². The molecular formula is C21H28N4O. The zero-order valence-electron chi connectivity index (χ0n) is 15.6. The molecule has 2 aromatic rings. The first-order valence-electron chi connectivity index (χ1n) is 9.97. The largest absolute Gasteiger partial charge is 0.340 e. The predicted octanol–water partition coefficient (Wildman–Crippen LogP) is 4.00. The zero-order valence-corrected chi connectivity index (χ0v) is 15.6. The highest BCUT2D eigenvalue weighted by Gasteiger charge is 2.31. The molecule has 0 bridgehead atoms. The third kappa shape index (κ3) is 3.39. The Labute approximate surface area is 155 Å². The summed E-state index contributed by atoms with van der Waals surface area (Å²) in [5.41, 5.74) is 2.25. The number of rotatable bonds is 3. The maximum atomic E-state index is 13.0. The third-order valence-corrected chi connectivity index (χ3v) is 5.95. The lowest BCUT2D eigenvalue weighted by molar-refractivity contribution is -0.138. The van der Waals surface area contributed by atoms with Crippen molar-refractivity contribution in [2.45, 2.75) is 57.9 Å². The van der Waals surface area contributed by atoms with Gasteiger partial charge in [0, 0.05) is 48.9 Å². The second-order valence-corrected chi connectivity index (χ2v) is 7.74. The average molecular weight is 352 g/mol. The van der Waals surface area contributed by atoms with Crippen LogP contribution in [0.1, 0.15) is 56.7 Å². The third-order valence-electron chi connectivity index (χ3n) is 5.95. The van der Waals surface area contributed by atoms with Crippen LogP contribution < -0.4 is 0 Å². The fraction of sp³-hybridized carbons (Fsp3) is 0.571. The van der Waals surface area contributed by atoms with Crippen molar-refractivity contribution < 1.29 is 4.79 Å². The minimum absolute atomic E-state index is 0.256. The first-order chi connectivity index (χ1) is 12.7. The van der Waals surface area contributed by atoms with Gasteiger partial charge in [-0.2, -0.15) is 0 Å². The normalized spacial score (nSPS) is 21.7. The molecule has 0 aromatic carbocycles. The Morgan fingerprint density at radius 3 is 2.62 bits per heavy atom. The Balaban J connectivity index is 1.55. The van der Waals surface area contributed by atoms with Crippen molar-refractivity contribution >= 4 is 5.91 Å². The number of aryl methyl sites for hydroxylation is 1. The van der Waals surface area contributed by atoms with Gasteiger partial charge in [-0.1, -0.05) is 19.3 Å². The number of nitrogens with zero attached hydrogens (tertiary/aromatic N) is 4. The highest BCUT2D eigenvalue weighted by molar-refractivity contribution is 5.79. The fourth-order valence-corrected chi connectivity index (χ4v) is 4.59. The van der Waals surface area contributed by atoms with Crippen LogP contribution in [0.3, 0.4) is 0 Å². The van der Waals surface area contributed by atoms with E-state index in [-0.39, 0.29) is 5.92 Å². The van der Waals surface area contributed by atoms with Gasteiger partial charge in [0.2, 0.25) is 5.91 Å². The Morgan fingerprint density at radius 2 is 1.85 bits per heavy atom. The van der Waals surface area contributed by atoms with Crippen molar-refractivity contribution in [2.24, 2.45) is 5.92 Å². The van der Waals surface area contributed by atoms with Crippen LogP contribution in [0.4, 0.5) is 0 Å². The van der Waals surface area contributed by atoms with Gasteiger partial charge >= 0.3 is 0 Å². The van der Waals surface area contributed by atoms with Crippen LogP contribution in [0.5, 0.6) is 0 Å². The minimum Gasteiger partial charge on any atom is -0.340 e. The summed E-state index contributed by atoms with van der Waals surface area (Å²) >= 11 is 0. The second-order valence-electron chi connectivity index (χ2n) is 7.74. The van der Waals surface area contributed by atoms with Crippen molar-refractivity contribution in [3.8, 4) is 11.4 Å². The van der Waals surface area contributed by atoms with E-state index in [4.69, 9.17) is 0 Å². The van der Waals surface area contributed by atoms with Gasteiger partial charge in [0.25, 0.3) is 0 Å². The summed E-state index contributed by atoms with van der Waals surface area (Å²) in [7, 11) is 0. The maximum Gasteiger partial charge on any atom is 0.225 e. The summed E-state index contributed by atoms with van der Waals surface area (Å²) in [6.45, 7) is 3.83. The van der Waals surface area contributed by atoms with Gasteiger partial charge in [0.1, 0.15) is 5.82 Å². The Morgan fingerprint density at radius 1 is 1.08 bits per heavy atom. The van der Waals surface area contributed by atoms with E-state index in [0.29, 0.717) is 11.9 Å². The average Bonchev–Trinajstić information content (AvgIpc) is 3.10. The van der Waals surface area contributed by atoms with Crippen LogP contribution in [-0.2, 0) is 4.79 Å². The SMILES string of the molecule is Cc1cnc(-c2ccncc2)n1C1CCCN(C(=O)C2CCCCC2)C1. The summed E-state index contributed by atoms with van der Waals surface area (Å²) in [6.07, 6.45) is 13.6. The molecule has 2 fully saturated rings. The Bertz CT molecular complexity index is 749. The molecule has 2 aliphatic rings. The number of amides is 1. The van der Waals surface area contributed by atoms with Crippen LogP contribution in [0, 0.1) is 12.8 Å². The molecule has 26 heavy (non-hydrogen) atoms. The Kier molecular flexibility index (Phi) is 5.05. The van der Waals surface area contributed by atoms with Crippen LogP contribution in [0.2, 0.25) is 0 Å². The number of hydrogen-bond acceptors (Lipinski definition) is 3. The number of carbonyl (C=O) groups excluding carboxylic acids is 1. The Hall–Kier alpha value is -2.17. The molecule has 1 saturated carbocycles. The molecule has 5 nitrogen and oxygen atoms in total. The van der Waals surface area contributed by atoms with E-state index in [9.17, 15) is 4.79 Å². The van der Waals surface area contributed by atoms with Gasteiger partial charge in [-0.25, -0.2) is 4.98 Å². The molecule has 138 valence electrons. The molecule has 0 N–H and O–H groups in total. The van der Waals surface area contributed by atoms with Crippen molar-refractivity contribution in [2.75, 3.05) is 13.1 Å². The van der Waals surface area contributed by atoms with E-state index in [1.54, 1.807) is 0 Å². The summed E-state index contributed by atoms with van der Waals surface area (Å²) in [6, 6.07) is 4.32. The second kappa shape index (κ2) is 7.60. The number of aromatic nitrogens is 3.